The van der Waals surface area contributed by atoms with E-state index in [9.17, 15) is 9.46 Å². The second-order valence-electron chi connectivity index (χ2n) is 5.00. The second-order valence-corrected chi connectivity index (χ2v) is 6.33. The van der Waals surface area contributed by atoms with Crippen LogP contribution in [0.4, 0.5) is 0 Å². The molecule has 0 aliphatic heterocycles. The van der Waals surface area contributed by atoms with E-state index in [4.69, 9.17) is 9.05 Å². The average molecular weight is 300 g/mol. The van der Waals surface area contributed by atoms with Gasteiger partial charge in [-0.05, 0) is 31.9 Å². The zero-order valence-electron chi connectivity index (χ0n) is 12.5. The van der Waals surface area contributed by atoms with Crippen LogP contribution >= 0.6 is 7.82 Å². The lowest BCUT2D eigenvalue weighted by atomic mass is 10.1. The van der Waals surface area contributed by atoms with Crippen LogP contribution in [-0.2, 0) is 9.09 Å². The number of unbranched alkanes of at least 4 members (excludes halogenated alkanes) is 2. The topological polar surface area (TPSA) is 55.8 Å². The van der Waals surface area contributed by atoms with Gasteiger partial charge >= 0.3 is 7.82 Å². The third kappa shape index (κ3) is 6.56. The fraction of sp³-hybridized carbons (Fsp3) is 0.600. The maximum Gasteiger partial charge on any atom is 0.527 e. The summed E-state index contributed by atoms with van der Waals surface area (Å²) >= 11 is 0. The highest BCUT2D eigenvalue weighted by molar-refractivity contribution is 7.47. The van der Waals surface area contributed by atoms with Crippen LogP contribution in [0.25, 0.3) is 0 Å². The predicted octanol–water partition coefficient (Wildman–Crippen LogP) is 4.85. The van der Waals surface area contributed by atoms with E-state index in [1.165, 1.54) is 0 Å². The molecule has 20 heavy (non-hydrogen) atoms. The Hall–Kier alpha value is -0.830. The maximum atomic E-state index is 12.0. The van der Waals surface area contributed by atoms with E-state index in [0.29, 0.717) is 12.2 Å². The van der Waals surface area contributed by atoms with Gasteiger partial charge in [-0.2, -0.15) is 0 Å². The first-order valence-electron chi connectivity index (χ1n) is 7.24. The lowest BCUT2D eigenvalue weighted by Crippen LogP contribution is -2.12. The lowest BCUT2D eigenvalue weighted by molar-refractivity contribution is 0.126. The molecule has 2 atom stereocenters. The summed E-state index contributed by atoms with van der Waals surface area (Å²) in [4.78, 5) is 9.81. The van der Waals surface area contributed by atoms with E-state index in [1.807, 2.05) is 26.0 Å². The summed E-state index contributed by atoms with van der Waals surface area (Å²) in [5, 5.41) is 0. The zero-order chi connectivity index (χ0) is 15.0. The number of hydrogen-bond acceptors (Lipinski definition) is 3. The molecule has 0 aromatic heterocycles. The van der Waals surface area contributed by atoms with Gasteiger partial charge in [-0.3, -0.25) is 9.42 Å². The van der Waals surface area contributed by atoms with Crippen molar-refractivity contribution in [1.82, 2.24) is 0 Å². The van der Waals surface area contributed by atoms with Gasteiger partial charge in [0.05, 0.1) is 6.10 Å². The Morgan fingerprint density at radius 2 is 1.85 bits per heavy atom. The first kappa shape index (κ1) is 17.2. The molecular formula is C15H25O4P. The van der Waals surface area contributed by atoms with Crippen LogP contribution in [0.3, 0.4) is 0 Å². The monoisotopic (exact) mass is 300 g/mol. The summed E-state index contributed by atoms with van der Waals surface area (Å²) in [6.45, 7) is 6.02. The van der Waals surface area contributed by atoms with Crippen LogP contribution in [-0.4, -0.2) is 11.0 Å². The second kappa shape index (κ2) is 8.46. The van der Waals surface area contributed by atoms with Gasteiger partial charge in [0.25, 0.3) is 0 Å². The van der Waals surface area contributed by atoms with Crippen molar-refractivity contribution in [1.29, 1.82) is 0 Å². The normalized spacial score (nSPS) is 15.6. The first-order valence-corrected chi connectivity index (χ1v) is 8.74. The molecule has 0 radical (unpaired) electrons. The van der Waals surface area contributed by atoms with Gasteiger partial charge in [-0.25, -0.2) is 4.57 Å². The molecule has 0 bridgehead atoms. The van der Waals surface area contributed by atoms with E-state index < -0.39 is 7.82 Å². The van der Waals surface area contributed by atoms with Gasteiger partial charge in [-0.1, -0.05) is 50.8 Å². The molecule has 0 fully saturated rings. The average Bonchev–Trinajstić information content (AvgIpc) is 2.40. The van der Waals surface area contributed by atoms with Crippen molar-refractivity contribution in [2.24, 2.45) is 0 Å². The summed E-state index contributed by atoms with van der Waals surface area (Å²) in [5.41, 5.74) is 1.07. The molecule has 1 aromatic rings. The number of phosphoric acid groups is 1. The Bertz CT molecular complexity index is 430. The van der Waals surface area contributed by atoms with Crippen molar-refractivity contribution in [3.05, 3.63) is 29.8 Å². The highest BCUT2D eigenvalue weighted by Gasteiger charge is 2.27. The fourth-order valence-corrected chi connectivity index (χ4v) is 2.96. The Morgan fingerprint density at radius 1 is 1.20 bits per heavy atom. The molecule has 0 spiro atoms. The quantitative estimate of drug-likeness (QED) is 0.523. The van der Waals surface area contributed by atoms with Crippen LogP contribution in [0.2, 0.25) is 0 Å². The SMILES string of the molecule is CCCCCC(CC)OP(=O)(O)Oc1ccc(C)cc1. The molecule has 0 aliphatic carbocycles. The summed E-state index contributed by atoms with van der Waals surface area (Å²) in [6.07, 6.45) is 4.47. The molecule has 0 amide bonds. The smallest absolute Gasteiger partial charge is 0.404 e. The molecule has 0 saturated carbocycles. The Kier molecular flexibility index (Phi) is 7.28. The molecule has 1 aromatic carbocycles. The van der Waals surface area contributed by atoms with E-state index in [-0.39, 0.29) is 6.10 Å². The van der Waals surface area contributed by atoms with E-state index >= 15 is 0 Å². The molecule has 5 heteroatoms. The van der Waals surface area contributed by atoms with Crippen molar-refractivity contribution < 1.29 is 18.5 Å². The van der Waals surface area contributed by atoms with Gasteiger partial charge in [0, 0.05) is 0 Å². The molecule has 1 rings (SSSR count). The first-order chi connectivity index (χ1) is 9.46. The predicted molar refractivity (Wildman–Crippen MR) is 80.9 cm³/mol. The fourth-order valence-electron chi connectivity index (χ4n) is 1.90. The Morgan fingerprint density at radius 3 is 2.40 bits per heavy atom. The molecular weight excluding hydrogens is 275 g/mol. The molecule has 2 unspecified atom stereocenters. The van der Waals surface area contributed by atoms with Crippen LogP contribution in [0.15, 0.2) is 24.3 Å². The minimum atomic E-state index is -4.05. The van der Waals surface area contributed by atoms with Crippen molar-refractivity contribution >= 4 is 7.82 Å². The molecule has 114 valence electrons. The molecule has 4 nitrogen and oxygen atoms in total. The van der Waals surface area contributed by atoms with E-state index in [1.54, 1.807) is 12.1 Å². The van der Waals surface area contributed by atoms with Gasteiger partial charge in [0.2, 0.25) is 0 Å². The van der Waals surface area contributed by atoms with Crippen molar-refractivity contribution in [3.63, 3.8) is 0 Å². The van der Waals surface area contributed by atoms with Crippen LogP contribution in [0.1, 0.15) is 51.5 Å². The minimum absolute atomic E-state index is 0.233. The van der Waals surface area contributed by atoms with Crippen LogP contribution < -0.4 is 4.52 Å². The Labute approximate surface area is 121 Å². The third-order valence-electron chi connectivity index (χ3n) is 3.11. The van der Waals surface area contributed by atoms with Crippen molar-refractivity contribution in [2.45, 2.75) is 59.0 Å². The van der Waals surface area contributed by atoms with Crippen LogP contribution in [0, 0.1) is 6.92 Å². The molecule has 0 heterocycles. The number of phosphoric ester groups is 1. The van der Waals surface area contributed by atoms with Gasteiger partial charge < -0.3 is 4.52 Å². The molecule has 1 N–H and O–H groups in total. The Balaban J connectivity index is 2.54. The van der Waals surface area contributed by atoms with E-state index in [0.717, 1.165) is 31.2 Å². The summed E-state index contributed by atoms with van der Waals surface area (Å²) in [5.74, 6) is 0.352. The summed E-state index contributed by atoms with van der Waals surface area (Å²) in [7, 11) is -4.05. The standard InChI is InChI=1S/C15H25O4P/c1-4-6-7-8-14(5-2)18-20(16,17)19-15-11-9-13(3)10-12-15/h9-12,14H,4-8H2,1-3H3,(H,16,17). The summed E-state index contributed by atoms with van der Waals surface area (Å²) in [6, 6.07) is 6.99. The van der Waals surface area contributed by atoms with E-state index in [2.05, 4.69) is 6.92 Å². The zero-order valence-corrected chi connectivity index (χ0v) is 13.4. The highest BCUT2D eigenvalue weighted by atomic mass is 31.2. The number of aryl methyl sites for hydroxylation is 1. The molecule has 0 saturated heterocycles. The van der Waals surface area contributed by atoms with Gasteiger partial charge in [-0.15, -0.1) is 0 Å². The van der Waals surface area contributed by atoms with Crippen molar-refractivity contribution in [2.75, 3.05) is 0 Å². The van der Waals surface area contributed by atoms with Crippen LogP contribution in [0.5, 0.6) is 5.75 Å². The highest BCUT2D eigenvalue weighted by Crippen LogP contribution is 2.46. The maximum absolute atomic E-state index is 12.0. The van der Waals surface area contributed by atoms with Crippen molar-refractivity contribution in [3.8, 4) is 5.75 Å². The molecule has 0 aliphatic rings. The largest absolute Gasteiger partial charge is 0.527 e. The summed E-state index contributed by atoms with van der Waals surface area (Å²) < 4.78 is 22.3. The number of benzene rings is 1. The van der Waals surface area contributed by atoms with Gasteiger partial charge in [0.1, 0.15) is 5.75 Å². The third-order valence-corrected chi connectivity index (χ3v) is 4.12. The minimum Gasteiger partial charge on any atom is -0.404 e. The van der Waals surface area contributed by atoms with Gasteiger partial charge in [0.15, 0.2) is 0 Å². The lowest BCUT2D eigenvalue weighted by Gasteiger charge is -2.19. The number of rotatable bonds is 9. The number of hydrogen-bond donors (Lipinski definition) is 1.